The maximum absolute atomic E-state index is 13.9. The molecule has 10 heteroatoms. The van der Waals surface area contributed by atoms with Gasteiger partial charge in [-0.2, -0.15) is 22.0 Å². The fourth-order valence-electron chi connectivity index (χ4n) is 6.55. The molecule has 1 aliphatic carbocycles. The van der Waals surface area contributed by atoms with E-state index < -0.39 is 30.0 Å². The zero-order valence-corrected chi connectivity index (χ0v) is 24.1. The van der Waals surface area contributed by atoms with Gasteiger partial charge in [0.05, 0.1) is 12.1 Å². The van der Waals surface area contributed by atoms with Crippen molar-refractivity contribution in [3.8, 4) is 11.1 Å². The summed E-state index contributed by atoms with van der Waals surface area (Å²) in [5.41, 5.74) is 2.44. The van der Waals surface area contributed by atoms with E-state index in [1.807, 2.05) is 59.9 Å². The maximum Gasteiger partial charge on any atom is 0.455 e. The van der Waals surface area contributed by atoms with E-state index >= 15 is 0 Å². The SMILES string of the molecule is O=C(NCC(F)(F)C(F)(F)F)C1(CCCCN2CCN(c3ccc4ccccc4n3)CC2)c2ccccc2-c2ccccc21. The van der Waals surface area contributed by atoms with Crippen molar-refractivity contribution >= 4 is 22.6 Å². The van der Waals surface area contributed by atoms with E-state index in [1.165, 1.54) is 0 Å². The fourth-order valence-corrected chi connectivity index (χ4v) is 6.55. The van der Waals surface area contributed by atoms with E-state index in [0.717, 1.165) is 67.0 Å². The van der Waals surface area contributed by atoms with Gasteiger partial charge in [0.25, 0.3) is 0 Å². The van der Waals surface area contributed by atoms with Crippen molar-refractivity contribution in [3.63, 3.8) is 0 Å². The molecule has 1 N–H and O–H groups in total. The smallest absolute Gasteiger partial charge is 0.354 e. The lowest BCUT2D eigenvalue weighted by molar-refractivity contribution is -0.278. The van der Waals surface area contributed by atoms with Crippen LogP contribution in [-0.4, -0.2) is 67.2 Å². The molecule has 1 amide bonds. The number of anilines is 1. The van der Waals surface area contributed by atoms with Crippen LogP contribution in [0, 0.1) is 0 Å². The number of alkyl halides is 5. The third-order valence-corrected chi connectivity index (χ3v) is 8.89. The summed E-state index contributed by atoms with van der Waals surface area (Å²) >= 11 is 0. The highest BCUT2D eigenvalue weighted by Gasteiger charge is 2.58. The topological polar surface area (TPSA) is 48.5 Å². The van der Waals surface area contributed by atoms with Crippen molar-refractivity contribution in [2.75, 3.05) is 44.2 Å². The molecular formula is C34H33F5N4O. The van der Waals surface area contributed by atoms with Gasteiger partial charge in [-0.05, 0) is 59.8 Å². The van der Waals surface area contributed by atoms with Crippen LogP contribution in [0.5, 0.6) is 0 Å². The Balaban J connectivity index is 1.13. The highest BCUT2D eigenvalue weighted by Crippen LogP contribution is 2.51. The first kappa shape index (κ1) is 30.0. The van der Waals surface area contributed by atoms with Crippen molar-refractivity contribution in [3.05, 3.63) is 96.1 Å². The summed E-state index contributed by atoms with van der Waals surface area (Å²) in [6.45, 7) is 2.32. The van der Waals surface area contributed by atoms with Crippen molar-refractivity contribution in [2.45, 2.75) is 36.8 Å². The number of pyridine rings is 1. The Morgan fingerprint density at radius 2 is 1.39 bits per heavy atom. The molecule has 3 aromatic carbocycles. The number of halogens is 5. The number of para-hydroxylation sites is 1. The lowest BCUT2D eigenvalue weighted by atomic mass is 9.73. The molecule has 0 atom stereocenters. The third-order valence-electron chi connectivity index (χ3n) is 8.89. The van der Waals surface area contributed by atoms with Crippen molar-refractivity contribution in [2.24, 2.45) is 0 Å². The number of hydrogen-bond donors (Lipinski definition) is 1. The standard InChI is InChI=1S/C34H33F5N4O/c35-33(36,34(37,38)39)23-40-31(44)32(27-12-4-2-10-25(27)26-11-3-5-13-28(26)32)17-7-8-18-42-19-21-43(22-20-42)30-16-15-24-9-1-6-14-29(24)41-30/h1-6,9-16H,7-8,17-23H2,(H,40,44). The quantitative estimate of drug-likeness (QED) is 0.168. The van der Waals surface area contributed by atoms with Gasteiger partial charge in [-0.15, -0.1) is 0 Å². The Kier molecular flexibility index (Phi) is 8.04. The molecule has 2 aliphatic rings. The molecule has 230 valence electrons. The van der Waals surface area contributed by atoms with E-state index in [1.54, 1.807) is 24.3 Å². The van der Waals surface area contributed by atoms with Crippen molar-refractivity contribution in [1.82, 2.24) is 15.2 Å². The zero-order chi connectivity index (χ0) is 31.0. The van der Waals surface area contributed by atoms with Gasteiger partial charge < -0.3 is 10.2 Å². The number of amides is 1. The normalized spacial score (nSPS) is 16.5. The van der Waals surface area contributed by atoms with Crippen LogP contribution < -0.4 is 10.2 Å². The number of piperazine rings is 1. The van der Waals surface area contributed by atoms with Crippen LogP contribution in [0.4, 0.5) is 27.8 Å². The summed E-state index contributed by atoms with van der Waals surface area (Å²) in [4.78, 5) is 23.2. The molecule has 0 saturated carbocycles. The van der Waals surface area contributed by atoms with Gasteiger partial charge in [-0.25, -0.2) is 4.98 Å². The van der Waals surface area contributed by atoms with E-state index in [-0.39, 0.29) is 6.42 Å². The lowest BCUT2D eigenvalue weighted by Gasteiger charge is -2.36. The van der Waals surface area contributed by atoms with Crippen LogP contribution >= 0.6 is 0 Å². The Morgan fingerprint density at radius 3 is 2.05 bits per heavy atom. The second kappa shape index (κ2) is 11.8. The summed E-state index contributed by atoms with van der Waals surface area (Å²) in [6.07, 6.45) is -4.15. The van der Waals surface area contributed by atoms with E-state index in [9.17, 15) is 26.7 Å². The molecule has 5 nitrogen and oxygen atoms in total. The minimum atomic E-state index is -5.76. The molecule has 1 aliphatic heterocycles. The van der Waals surface area contributed by atoms with Crippen molar-refractivity contribution in [1.29, 1.82) is 0 Å². The number of nitrogens with zero attached hydrogens (tertiary/aromatic N) is 3. The average molecular weight is 609 g/mol. The summed E-state index contributed by atoms with van der Waals surface area (Å²) in [5, 5.41) is 3.08. The number of carbonyl (C=O) groups is 1. The first-order chi connectivity index (χ1) is 21.1. The molecule has 0 bridgehead atoms. The number of hydrogen-bond acceptors (Lipinski definition) is 4. The van der Waals surface area contributed by atoms with Gasteiger partial charge in [0.2, 0.25) is 5.91 Å². The van der Waals surface area contributed by atoms with E-state index in [2.05, 4.69) is 15.9 Å². The summed E-state index contributed by atoms with van der Waals surface area (Å²) in [5.74, 6) is -4.92. The number of aromatic nitrogens is 1. The van der Waals surface area contributed by atoms with Gasteiger partial charge >= 0.3 is 12.1 Å². The van der Waals surface area contributed by atoms with Gasteiger partial charge in [0, 0.05) is 31.6 Å². The fraction of sp³-hybridized carbons (Fsp3) is 0.353. The Bertz CT molecular complexity index is 1600. The Hall–Kier alpha value is -4.05. The largest absolute Gasteiger partial charge is 0.455 e. The minimum Gasteiger partial charge on any atom is -0.354 e. The van der Waals surface area contributed by atoms with Gasteiger partial charge in [-0.3, -0.25) is 9.69 Å². The molecule has 4 aromatic rings. The summed E-state index contributed by atoms with van der Waals surface area (Å²) < 4.78 is 66.5. The summed E-state index contributed by atoms with van der Waals surface area (Å²) in [6, 6.07) is 26.6. The summed E-state index contributed by atoms with van der Waals surface area (Å²) in [7, 11) is 0. The van der Waals surface area contributed by atoms with Crippen LogP contribution in [0.25, 0.3) is 22.0 Å². The molecule has 0 radical (unpaired) electrons. The van der Waals surface area contributed by atoms with Crippen LogP contribution in [0.2, 0.25) is 0 Å². The van der Waals surface area contributed by atoms with Gasteiger partial charge in [0.15, 0.2) is 0 Å². The number of nitrogens with one attached hydrogen (secondary N) is 1. The Labute approximate surface area is 252 Å². The second-order valence-corrected chi connectivity index (χ2v) is 11.5. The number of rotatable bonds is 9. The number of unbranched alkanes of at least 4 members (excludes halogenated alkanes) is 1. The first-order valence-corrected chi connectivity index (χ1v) is 14.9. The highest BCUT2D eigenvalue weighted by atomic mass is 19.4. The Morgan fingerprint density at radius 1 is 0.773 bits per heavy atom. The maximum atomic E-state index is 13.9. The average Bonchev–Trinajstić information content (AvgIpc) is 3.32. The molecule has 6 rings (SSSR count). The van der Waals surface area contributed by atoms with Gasteiger partial charge in [-0.1, -0.05) is 73.2 Å². The number of carbonyl (C=O) groups excluding carboxylic acids is 1. The molecule has 1 aromatic heterocycles. The third kappa shape index (κ3) is 5.51. The predicted molar refractivity (Wildman–Crippen MR) is 161 cm³/mol. The van der Waals surface area contributed by atoms with E-state index in [0.29, 0.717) is 17.5 Å². The van der Waals surface area contributed by atoms with Crippen molar-refractivity contribution < 1.29 is 26.7 Å². The van der Waals surface area contributed by atoms with Crippen LogP contribution in [0.15, 0.2) is 84.9 Å². The minimum absolute atomic E-state index is 0.283. The van der Waals surface area contributed by atoms with Gasteiger partial charge in [0.1, 0.15) is 11.2 Å². The van der Waals surface area contributed by atoms with Crippen LogP contribution in [-0.2, 0) is 10.2 Å². The highest BCUT2D eigenvalue weighted by molar-refractivity contribution is 6.00. The lowest BCUT2D eigenvalue weighted by Crippen LogP contribution is -2.52. The molecular weight excluding hydrogens is 575 g/mol. The molecule has 2 heterocycles. The zero-order valence-electron chi connectivity index (χ0n) is 24.1. The molecule has 1 saturated heterocycles. The first-order valence-electron chi connectivity index (χ1n) is 14.9. The molecule has 0 spiro atoms. The monoisotopic (exact) mass is 608 g/mol. The molecule has 0 unspecified atom stereocenters. The second-order valence-electron chi connectivity index (χ2n) is 11.5. The van der Waals surface area contributed by atoms with Crippen LogP contribution in [0.1, 0.15) is 30.4 Å². The van der Waals surface area contributed by atoms with E-state index in [4.69, 9.17) is 4.98 Å². The predicted octanol–water partition coefficient (Wildman–Crippen LogP) is 6.81. The number of fused-ring (bicyclic) bond motifs is 4. The molecule has 1 fully saturated rings. The number of benzene rings is 3. The van der Waals surface area contributed by atoms with Crippen LogP contribution in [0.3, 0.4) is 0 Å². The molecule has 44 heavy (non-hydrogen) atoms.